The zero-order valence-electron chi connectivity index (χ0n) is 15.1. The van der Waals surface area contributed by atoms with Gasteiger partial charge in [-0.3, -0.25) is 0 Å². The number of halogens is 2. The highest BCUT2D eigenvalue weighted by Gasteiger charge is 2.28. The molecule has 5 nitrogen and oxygen atoms in total. The molecule has 0 atom stereocenters. The lowest BCUT2D eigenvalue weighted by Gasteiger charge is -2.33. The normalized spacial score (nSPS) is 16.0. The Balaban J connectivity index is 1.64. The van der Waals surface area contributed by atoms with Crippen molar-refractivity contribution in [3.63, 3.8) is 0 Å². The highest BCUT2D eigenvalue weighted by molar-refractivity contribution is 9.10. The van der Waals surface area contributed by atoms with Crippen LogP contribution >= 0.6 is 27.5 Å². The van der Waals surface area contributed by atoms with Crippen molar-refractivity contribution in [2.45, 2.75) is 45.3 Å². The molecule has 0 saturated carbocycles. The molecule has 7 heteroatoms. The molecule has 0 bridgehead atoms. The average molecular weight is 442 g/mol. The minimum absolute atomic E-state index is 0.0553. The smallest absolute Gasteiger partial charge is 0.410 e. The number of ether oxygens (including phenoxy) is 2. The van der Waals surface area contributed by atoms with E-state index in [4.69, 9.17) is 21.1 Å². The highest BCUT2D eigenvalue weighted by Crippen LogP contribution is 2.35. The first-order valence-electron chi connectivity index (χ1n) is 8.61. The molecule has 0 N–H and O–H groups in total. The van der Waals surface area contributed by atoms with Gasteiger partial charge in [-0.15, -0.1) is 0 Å². The van der Waals surface area contributed by atoms with Gasteiger partial charge in [0.2, 0.25) is 0 Å². The molecule has 1 aliphatic heterocycles. The summed E-state index contributed by atoms with van der Waals surface area (Å²) in [7, 11) is 0. The van der Waals surface area contributed by atoms with Crippen LogP contribution in [-0.4, -0.2) is 40.8 Å². The Morgan fingerprint density at radius 2 is 2.00 bits per heavy atom. The number of amides is 1. The number of hydrogen-bond acceptors (Lipinski definition) is 4. The summed E-state index contributed by atoms with van der Waals surface area (Å²) >= 11 is 9.62. The van der Waals surface area contributed by atoms with Crippen LogP contribution in [0.25, 0.3) is 10.8 Å². The van der Waals surface area contributed by atoms with Gasteiger partial charge in [0, 0.05) is 42.9 Å². The van der Waals surface area contributed by atoms with E-state index in [-0.39, 0.29) is 12.2 Å². The molecule has 0 aliphatic carbocycles. The van der Waals surface area contributed by atoms with Gasteiger partial charge in [0.05, 0.1) is 4.47 Å². The lowest BCUT2D eigenvalue weighted by molar-refractivity contribution is 0.0126. The van der Waals surface area contributed by atoms with Crippen molar-refractivity contribution in [3.05, 3.63) is 34.0 Å². The van der Waals surface area contributed by atoms with E-state index >= 15 is 0 Å². The number of aromatic nitrogens is 1. The zero-order valence-corrected chi connectivity index (χ0v) is 17.4. The van der Waals surface area contributed by atoms with Gasteiger partial charge in [-0.05, 0) is 54.9 Å². The quantitative estimate of drug-likeness (QED) is 0.583. The van der Waals surface area contributed by atoms with E-state index in [0.29, 0.717) is 18.2 Å². The third-order valence-corrected chi connectivity index (χ3v) is 5.18. The SMILES string of the molecule is CC(C)(C)OC(=O)N1CCC(Oc2ccc3cnc(Cl)cc3c2Br)CC1. The fourth-order valence-electron chi connectivity index (χ4n) is 2.89. The summed E-state index contributed by atoms with van der Waals surface area (Å²) in [5.41, 5.74) is -0.476. The molecule has 2 heterocycles. The number of fused-ring (bicyclic) bond motifs is 1. The Bertz CT molecular complexity index is 814. The highest BCUT2D eigenvalue weighted by atomic mass is 79.9. The van der Waals surface area contributed by atoms with Crippen LogP contribution in [0.5, 0.6) is 5.75 Å². The first-order valence-corrected chi connectivity index (χ1v) is 9.78. The first-order chi connectivity index (χ1) is 12.2. The van der Waals surface area contributed by atoms with Crippen molar-refractivity contribution in [1.29, 1.82) is 0 Å². The molecule has 26 heavy (non-hydrogen) atoms. The van der Waals surface area contributed by atoms with Crippen molar-refractivity contribution in [1.82, 2.24) is 9.88 Å². The van der Waals surface area contributed by atoms with Crippen LogP contribution in [0.3, 0.4) is 0 Å². The van der Waals surface area contributed by atoms with Crippen molar-refractivity contribution in [3.8, 4) is 5.75 Å². The van der Waals surface area contributed by atoms with Crippen molar-refractivity contribution in [2.75, 3.05) is 13.1 Å². The number of likely N-dealkylation sites (tertiary alicyclic amines) is 1. The second kappa shape index (κ2) is 7.61. The Morgan fingerprint density at radius 1 is 1.31 bits per heavy atom. The Hall–Kier alpha value is -1.53. The average Bonchev–Trinajstić information content (AvgIpc) is 2.57. The molecule has 2 aromatic rings. The number of rotatable bonds is 2. The molecule has 1 saturated heterocycles. The number of carbonyl (C=O) groups excluding carboxylic acids is 1. The summed E-state index contributed by atoms with van der Waals surface area (Å²) in [6, 6.07) is 5.72. The van der Waals surface area contributed by atoms with Gasteiger partial charge in [-0.2, -0.15) is 0 Å². The topological polar surface area (TPSA) is 51.7 Å². The number of carbonyl (C=O) groups is 1. The van der Waals surface area contributed by atoms with Crippen LogP contribution in [0.15, 0.2) is 28.9 Å². The van der Waals surface area contributed by atoms with Crippen molar-refractivity contribution < 1.29 is 14.3 Å². The predicted octanol–water partition coefficient (Wildman–Crippen LogP) is 5.43. The molecule has 1 amide bonds. The summed E-state index contributed by atoms with van der Waals surface area (Å²) in [6.45, 7) is 6.88. The lowest BCUT2D eigenvalue weighted by atomic mass is 10.1. The van der Waals surface area contributed by atoms with E-state index in [9.17, 15) is 4.79 Å². The van der Waals surface area contributed by atoms with Gasteiger partial charge in [0.25, 0.3) is 0 Å². The van der Waals surface area contributed by atoms with Gasteiger partial charge >= 0.3 is 6.09 Å². The van der Waals surface area contributed by atoms with E-state index in [1.807, 2.05) is 39.0 Å². The van der Waals surface area contributed by atoms with Gasteiger partial charge in [-0.1, -0.05) is 11.6 Å². The maximum Gasteiger partial charge on any atom is 0.410 e. The summed E-state index contributed by atoms with van der Waals surface area (Å²) in [5.74, 6) is 0.774. The predicted molar refractivity (Wildman–Crippen MR) is 106 cm³/mol. The van der Waals surface area contributed by atoms with Gasteiger partial charge in [0.1, 0.15) is 22.6 Å². The maximum atomic E-state index is 12.1. The Kier molecular flexibility index (Phi) is 5.63. The molecule has 1 aromatic heterocycles. The molecule has 1 aromatic carbocycles. The van der Waals surface area contributed by atoms with Crippen LogP contribution in [0.4, 0.5) is 4.79 Å². The number of hydrogen-bond donors (Lipinski definition) is 0. The Morgan fingerprint density at radius 3 is 2.65 bits per heavy atom. The third kappa shape index (κ3) is 4.60. The molecule has 0 spiro atoms. The van der Waals surface area contributed by atoms with E-state index in [2.05, 4.69) is 20.9 Å². The zero-order chi connectivity index (χ0) is 18.9. The van der Waals surface area contributed by atoms with Crippen LogP contribution in [0, 0.1) is 0 Å². The molecule has 0 unspecified atom stereocenters. The van der Waals surface area contributed by atoms with Gasteiger partial charge in [0.15, 0.2) is 0 Å². The largest absolute Gasteiger partial charge is 0.489 e. The monoisotopic (exact) mass is 440 g/mol. The number of pyridine rings is 1. The third-order valence-electron chi connectivity index (χ3n) is 4.16. The maximum absolute atomic E-state index is 12.1. The molecule has 140 valence electrons. The minimum atomic E-state index is -0.476. The number of piperidine rings is 1. The van der Waals surface area contributed by atoms with Crippen molar-refractivity contribution in [2.24, 2.45) is 0 Å². The van der Waals surface area contributed by atoms with Crippen LogP contribution in [0.1, 0.15) is 33.6 Å². The number of benzene rings is 1. The van der Waals surface area contributed by atoms with E-state index in [0.717, 1.165) is 33.8 Å². The fourth-order valence-corrected chi connectivity index (χ4v) is 3.61. The molecule has 1 fully saturated rings. The fraction of sp³-hybridized carbons (Fsp3) is 0.474. The second-order valence-electron chi connectivity index (χ2n) is 7.39. The van der Waals surface area contributed by atoms with E-state index in [1.54, 1.807) is 11.1 Å². The van der Waals surface area contributed by atoms with Crippen molar-refractivity contribution >= 4 is 44.4 Å². The summed E-state index contributed by atoms with van der Waals surface area (Å²) in [6.07, 6.45) is 3.07. The molecule has 1 aliphatic rings. The Labute approximate surface area is 166 Å². The molecule has 3 rings (SSSR count). The van der Waals surface area contributed by atoms with Gasteiger partial charge in [-0.25, -0.2) is 9.78 Å². The second-order valence-corrected chi connectivity index (χ2v) is 8.57. The summed E-state index contributed by atoms with van der Waals surface area (Å²) < 4.78 is 12.5. The lowest BCUT2D eigenvalue weighted by Crippen LogP contribution is -2.44. The van der Waals surface area contributed by atoms with Crippen LogP contribution < -0.4 is 4.74 Å². The van der Waals surface area contributed by atoms with E-state index in [1.165, 1.54) is 0 Å². The summed E-state index contributed by atoms with van der Waals surface area (Å²) in [4.78, 5) is 18.0. The standard InChI is InChI=1S/C19H22BrClN2O3/c1-19(2,3)26-18(24)23-8-6-13(7-9-23)25-15-5-4-12-11-22-16(21)10-14(12)17(15)20/h4-5,10-11,13H,6-9H2,1-3H3. The first kappa shape index (κ1) is 19.2. The number of nitrogens with zero attached hydrogens (tertiary/aromatic N) is 2. The van der Waals surface area contributed by atoms with E-state index < -0.39 is 5.60 Å². The molecular weight excluding hydrogens is 420 g/mol. The summed E-state index contributed by atoms with van der Waals surface area (Å²) in [5, 5.41) is 2.41. The van der Waals surface area contributed by atoms with Gasteiger partial charge < -0.3 is 14.4 Å². The van der Waals surface area contributed by atoms with Crippen LogP contribution in [-0.2, 0) is 4.74 Å². The molecular formula is C19H22BrClN2O3. The van der Waals surface area contributed by atoms with Crippen LogP contribution in [0.2, 0.25) is 5.15 Å². The minimum Gasteiger partial charge on any atom is -0.489 e. The molecule has 0 radical (unpaired) electrons.